The van der Waals surface area contributed by atoms with Gasteiger partial charge in [0.25, 0.3) is 17.9 Å². The Morgan fingerprint density at radius 3 is 2.74 bits per heavy atom. The number of nitrogens with one attached hydrogen (secondary N) is 2. The van der Waals surface area contributed by atoms with Gasteiger partial charge < -0.3 is 10.2 Å². The number of benzene rings is 2. The van der Waals surface area contributed by atoms with Gasteiger partial charge >= 0.3 is 0 Å². The maximum atomic E-state index is 13.3. The molecule has 0 aliphatic carbocycles. The number of likely N-dealkylation sites (tertiary alicyclic amines) is 1. The molecule has 0 spiro atoms. The fourth-order valence-corrected chi connectivity index (χ4v) is 4.98. The average Bonchev–Trinajstić information content (AvgIpc) is 3.43. The number of hydrogen-bond acceptors (Lipinski definition) is 5. The van der Waals surface area contributed by atoms with E-state index in [4.69, 9.17) is 0 Å². The summed E-state index contributed by atoms with van der Waals surface area (Å²) in [4.78, 5) is 32.9. The van der Waals surface area contributed by atoms with Crippen molar-refractivity contribution in [2.75, 3.05) is 26.7 Å². The highest BCUT2D eigenvalue weighted by atomic mass is 19.3. The lowest BCUT2D eigenvalue weighted by atomic mass is 9.97. The largest absolute Gasteiger partial charge is 0.352 e. The van der Waals surface area contributed by atoms with E-state index < -0.39 is 6.43 Å². The summed E-state index contributed by atoms with van der Waals surface area (Å²) < 4.78 is 28.1. The molecule has 2 aromatic heterocycles. The first-order valence-corrected chi connectivity index (χ1v) is 12.7. The Morgan fingerprint density at radius 1 is 1.18 bits per heavy atom. The zero-order valence-electron chi connectivity index (χ0n) is 21.3. The Kier molecular flexibility index (Phi) is 7.33. The molecule has 2 N–H and O–H groups in total. The smallest absolute Gasteiger partial charge is 0.280 e. The molecule has 1 fully saturated rings. The summed E-state index contributed by atoms with van der Waals surface area (Å²) in [6.45, 7) is 4.62. The van der Waals surface area contributed by atoms with Gasteiger partial charge in [-0.2, -0.15) is 5.10 Å². The number of aromatic nitrogens is 4. The van der Waals surface area contributed by atoms with Crippen molar-refractivity contribution >= 4 is 16.8 Å². The van der Waals surface area contributed by atoms with Crippen LogP contribution in [0.2, 0.25) is 0 Å². The second-order valence-electron chi connectivity index (χ2n) is 9.95. The van der Waals surface area contributed by atoms with Crippen LogP contribution < -0.4 is 10.9 Å². The van der Waals surface area contributed by atoms with E-state index in [1.165, 1.54) is 17.1 Å². The van der Waals surface area contributed by atoms with Crippen molar-refractivity contribution in [3.8, 4) is 11.1 Å². The number of alkyl halides is 2. The molecule has 1 amide bonds. The Hall–Kier alpha value is -3.92. The lowest BCUT2D eigenvalue weighted by Crippen LogP contribution is -2.36. The molecule has 3 heterocycles. The van der Waals surface area contributed by atoms with Gasteiger partial charge in [-0.1, -0.05) is 18.2 Å². The molecular formula is C28H30F2N6O2. The van der Waals surface area contributed by atoms with Crippen molar-refractivity contribution in [2.24, 2.45) is 5.92 Å². The molecule has 0 radical (unpaired) electrons. The number of halogens is 2. The monoisotopic (exact) mass is 520 g/mol. The number of amides is 1. The molecule has 8 nitrogen and oxygen atoms in total. The first-order valence-electron chi connectivity index (χ1n) is 12.7. The Bertz CT molecular complexity index is 1510. The number of piperidine rings is 1. The maximum absolute atomic E-state index is 13.3. The second-order valence-corrected chi connectivity index (χ2v) is 9.95. The standard InChI is InChI=1S/C28H30F2N6O2/c1-17(19-4-3-5-21(12-19)27(37)31-14-18-8-10-35(2)11-9-18)36-16-32-24-13-20(6-7-22(24)28(36)38)23-15-33-34-25(23)26(29)30/h3-7,12-13,15-18,26H,8-11,14H2,1-2H3,(H,31,37)(H,33,34)/t17-/m1/s1. The van der Waals surface area contributed by atoms with Crippen molar-refractivity contribution in [3.63, 3.8) is 0 Å². The molecule has 0 saturated carbocycles. The van der Waals surface area contributed by atoms with E-state index in [1.54, 1.807) is 30.3 Å². The zero-order chi connectivity index (χ0) is 26.8. The summed E-state index contributed by atoms with van der Waals surface area (Å²) in [7, 11) is 2.11. The van der Waals surface area contributed by atoms with Gasteiger partial charge in [-0.25, -0.2) is 13.8 Å². The maximum Gasteiger partial charge on any atom is 0.280 e. The van der Waals surface area contributed by atoms with Crippen molar-refractivity contribution in [3.05, 3.63) is 82.2 Å². The quantitative estimate of drug-likeness (QED) is 0.377. The van der Waals surface area contributed by atoms with E-state index in [2.05, 4.69) is 32.4 Å². The molecule has 1 atom stereocenters. The summed E-state index contributed by atoms with van der Waals surface area (Å²) in [6.07, 6.45) is 2.24. The van der Waals surface area contributed by atoms with E-state index in [9.17, 15) is 18.4 Å². The number of nitrogens with zero attached hydrogens (tertiary/aromatic N) is 4. The minimum atomic E-state index is -2.70. The van der Waals surface area contributed by atoms with Crippen LogP contribution in [0.4, 0.5) is 8.78 Å². The van der Waals surface area contributed by atoms with E-state index >= 15 is 0 Å². The molecular weight excluding hydrogens is 490 g/mol. The fourth-order valence-electron chi connectivity index (χ4n) is 4.98. The van der Waals surface area contributed by atoms with Gasteiger partial charge in [-0.05, 0) is 81.2 Å². The Balaban J connectivity index is 1.35. The third kappa shape index (κ3) is 5.22. The normalized spacial score (nSPS) is 15.7. The van der Waals surface area contributed by atoms with E-state index in [-0.39, 0.29) is 28.8 Å². The average molecular weight is 521 g/mol. The van der Waals surface area contributed by atoms with Crippen LogP contribution >= 0.6 is 0 Å². The lowest BCUT2D eigenvalue weighted by molar-refractivity contribution is 0.0939. The van der Waals surface area contributed by atoms with Gasteiger partial charge in [0.1, 0.15) is 5.69 Å². The van der Waals surface area contributed by atoms with Crippen LogP contribution in [0, 0.1) is 5.92 Å². The summed E-state index contributed by atoms with van der Waals surface area (Å²) in [5.41, 5.74) is 1.99. The zero-order valence-corrected chi connectivity index (χ0v) is 21.3. The first kappa shape index (κ1) is 25.7. The van der Waals surface area contributed by atoms with E-state index in [1.807, 2.05) is 19.1 Å². The van der Waals surface area contributed by atoms with Crippen LogP contribution in [0.15, 0.2) is 59.8 Å². The number of fused-ring (bicyclic) bond motifs is 1. The van der Waals surface area contributed by atoms with Crippen LogP contribution in [0.25, 0.3) is 22.0 Å². The van der Waals surface area contributed by atoms with Crippen LogP contribution in [-0.2, 0) is 0 Å². The molecule has 4 aromatic rings. The van der Waals surface area contributed by atoms with Gasteiger partial charge in [-0.15, -0.1) is 0 Å². The van der Waals surface area contributed by atoms with Crippen LogP contribution in [0.1, 0.15) is 53.8 Å². The molecule has 0 unspecified atom stereocenters. The number of H-pyrrole nitrogens is 1. The summed E-state index contributed by atoms with van der Waals surface area (Å²) in [6, 6.07) is 11.7. The summed E-state index contributed by atoms with van der Waals surface area (Å²) in [5.74, 6) is 0.354. The number of carbonyl (C=O) groups excluding carboxylic acids is 1. The molecule has 5 rings (SSSR count). The predicted molar refractivity (Wildman–Crippen MR) is 141 cm³/mol. The summed E-state index contributed by atoms with van der Waals surface area (Å²) >= 11 is 0. The van der Waals surface area contributed by atoms with Crippen molar-refractivity contribution in [1.82, 2.24) is 30.0 Å². The molecule has 198 valence electrons. The molecule has 10 heteroatoms. The highest BCUT2D eigenvalue weighted by molar-refractivity contribution is 5.94. The predicted octanol–water partition coefficient (Wildman–Crippen LogP) is 4.41. The minimum Gasteiger partial charge on any atom is -0.352 e. The van der Waals surface area contributed by atoms with Crippen molar-refractivity contribution in [1.29, 1.82) is 0 Å². The second kappa shape index (κ2) is 10.8. The number of carbonyl (C=O) groups is 1. The molecule has 1 aliphatic rings. The van der Waals surface area contributed by atoms with Gasteiger partial charge in [0.05, 0.1) is 29.5 Å². The molecule has 1 saturated heterocycles. The van der Waals surface area contributed by atoms with Gasteiger partial charge in [-0.3, -0.25) is 19.3 Å². The highest BCUT2D eigenvalue weighted by Crippen LogP contribution is 2.30. The van der Waals surface area contributed by atoms with Crippen molar-refractivity contribution < 1.29 is 13.6 Å². The molecule has 1 aliphatic heterocycles. The number of aromatic amines is 1. The lowest BCUT2D eigenvalue weighted by Gasteiger charge is -2.28. The third-order valence-corrected chi connectivity index (χ3v) is 7.42. The van der Waals surface area contributed by atoms with E-state index in [0.717, 1.165) is 31.5 Å². The van der Waals surface area contributed by atoms with Crippen LogP contribution in [-0.4, -0.2) is 57.2 Å². The van der Waals surface area contributed by atoms with E-state index in [0.29, 0.717) is 34.5 Å². The molecule has 0 bridgehead atoms. The Labute approximate surface area is 218 Å². The summed E-state index contributed by atoms with van der Waals surface area (Å²) in [5, 5.41) is 9.48. The molecule has 38 heavy (non-hydrogen) atoms. The van der Waals surface area contributed by atoms with Crippen molar-refractivity contribution in [2.45, 2.75) is 32.2 Å². The number of rotatable bonds is 7. The minimum absolute atomic E-state index is 0.128. The SMILES string of the molecule is C[C@H](c1cccc(C(=O)NCC2CCN(C)CC2)c1)n1cnc2cc(-c3cn[nH]c3C(F)F)ccc2c1=O. The highest BCUT2D eigenvalue weighted by Gasteiger charge is 2.20. The van der Waals surface area contributed by atoms with Gasteiger partial charge in [0.2, 0.25) is 0 Å². The molecule has 2 aromatic carbocycles. The van der Waals surface area contributed by atoms with Crippen LogP contribution in [0.5, 0.6) is 0 Å². The topological polar surface area (TPSA) is 95.9 Å². The fraction of sp³-hybridized carbons (Fsp3) is 0.357. The third-order valence-electron chi connectivity index (χ3n) is 7.42. The Morgan fingerprint density at radius 2 is 1.97 bits per heavy atom. The van der Waals surface area contributed by atoms with Crippen LogP contribution in [0.3, 0.4) is 0 Å². The van der Waals surface area contributed by atoms with Gasteiger partial charge in [0.15, 0.2) is 0 Å². The number of hydrogen-bond donors (Lipinski definition) is 2. The first-order chi connectivity index (χ1) is 18.3. The van der Waals surface area contributed by atoms with Gasteiger partial charge in [0, 0.05) is 17.7 Å².